The predicted octanol–water partition coefficient (Wildman–Crippen LogP) is 4.16. The van der Waals surface area contributed by atoms with Gasteiger partial charge in [-0.15, -0.1) is 0 Å². The number of rotatable bonds is 9. The van der Waals surface area contributed by atoms with Crippen molar-refractivity contribution in [3.05, 3.63) is 35.4 Å². The van der Waals surface area contributed by atoms with Crippen molar-refractivity contribution in [3.63, 3.8) is 0 Å². The number of nitrogens with zero attached hydrogens (tertiary/aromatic N) is 1. The van der Waals surface area contributed by atoms with Gasteiger partial charge in [-0.3, -0.25) is 4.90 Å². The van der Waals surface area contributed by atoms with Gasteiger partial charge in [0.25, 0.3) is 0 Å². The maximum absolute atomic E-state index is 3.62. The zero-order valence-corrected chi connectivity index (χ0v) is 14.2. The Morgan fingerprint density at radius 2 is 1.86 bits per heavy atom. The lowest BCUT2D eigenvalue weighted by Gasteiger charge is -2.24. The smallest absolute Gasteiger partial charge is 0.0233 e. The second-order valence-electron chi connectivity index (χ2n) is 6.88. The fourth-order valence-corrected chi connectivity index (χ4v) is 2.78. The molecular formula is C19H32N2. The zero-order valence-electron chi connectivity index (χ0n) is 14.2. The molecule has 1 fully saturated rings. The summed E-state index contributed by atoms with van der Waals surface area (Å²) in [4.78, 5) is 2.45. The Hall–Kier alpha value is -0.860. The lowest BCUT2D eigenvalue weighted by atomic mass is 9.99. The highest BCUT2D eigenvalue weighted by Gasteiger charge is 2.21. The quantitative estimate of drug-likeness (QED) is 0.734. The highest BCUT2D eigenvalue weighted by atomic mass is 15.1. The average molecular weight is 288 g/mol. The Morgan fingerprint density at radius 3 is 2.43 bits per heavy atom. The Kier molecular flexibility index (Phi) is 6.25. The van der Waals surface area contributed by atoms with Crippen LogP contribution in [0.15, 0.2) is 24.3 Å². The lowest BCUT2D eigenvalue weighted by Crippen LogP contribution is -2.28. The van der Waals surface area contributed by atoms with Crippen LogP contribution < -0.4 is 5.32 Å². The van der Waals surface area contributed by atoms with Gasteiger partial charge in [0.05, 0.1) is 0 Å². The molecule has 2 heteroatoms. The second kappa shape index (κ2) is 7.95. The molecule has 1 saturated carbocycles. The zero-order chi connectivity index (χ0) is 15.2. The Labute approximate surface area is 130 Å². The first-order chi connectivity index (χ1) is 10.1. The highest BCUT2D eigenvalue weighted by molar-refractivity contribution is 5.25. The van der Waals surface area contributed by atoms with Crippen LogP contribution in [-0.2, 0) is 6.54 Å². The maximum Gasteiger partial charge on any atom is 0.0233 e. The summed E-state index contributed by atoms with van der Waals surface area (Å²) in [5.41, 5.74) is 2.88. The van der Waals surface area contributed by atoms with Gasteiger partial charge in [0.15, 0.2) is 0 Å². The van der Waals surface area contributed by atoms with Crippen LogP contribution in [0, 0.1) is 0 Å². The molecule has 0 aromatic heterocycles. The van der Waals surface area contributed by atoms with E-state index in [-0.39, 0.29) is 0 Å². The number of hydrogen-bond donors (Lipinski definition) is 1. The summed E-state index contributed by atoms with van der Waals surface area (Å²) in [6.07, 6.45) is 5.27. The van der Waals surface area contributed by atoms with Crippen LogP contribution in [0.25, 0.3) is 0 Å². The van der Waals surface area contributed by atoms with E-state index in [0.29, 0.717) is 12.0 Å². The minimum absolute atomic E-state index is 0.608. The van der Waals surface area contributed by atoms with E-state index >= 15 is 0 Å². The minimum Gasteiger partial charge on any atom is -0.313 e. The fourth-order valence-electron chi connectivity index (χ4n) is 2.78. The average Bonchev–Trinajstić information content (AvgIpc) is 3.30. The summed E-state index contributed by atoms with van der Waals surface area (Å²) in [5.74, 6) is 0.608. The molecule has 2 unspecified atom stereocenters. The van der Waals surface area contributed by atoms with Crippen molar-refractivity contribution in [3.8, 4) is 0 Å². The van der Waals surface area contributed by atoms with Crippen molar-refractivity contribution in [1.82, 2.24) is 10.2 Å². The fraction of sp³-hybridized carbons (Fsp3) is 0.684. The number of nitrogens with one attached hydrogen (secondary N) is 1. The molecular weight excluding hydrogens is 256 g/mol. The molecule has 1 aliphatic rings. The van der Waals surface area contributed by atoms with Crippen molar-refractivity contribution in [2.24, 2.45) is 0 Å². The lowest BCUT2D eigenvalue weighted by molar-refractivity contribution is 0.237. The van der Waals surface area contributed by atoms with E-state index in [0.717, 1.165) is 19.1 Å². The third-order valence-electron chi connectivity index (χ3n) is 4.73. The van der Waals surface area contributed by atoms with Crippen molar-refractivity contribution in [2.45, 2.75) is 71.0 Å². The van der Waals surface area contributed by atoms with Crippen LogP contribution >= 0.6 is 0 Å². The van der Waals surface area contributed by atoms with E-state index in [4.69, 9.17) is 0 Å². The molecule has 118 valence electrons. The first kappa shape index (κ1) is 16.5. The van der Waals surface area contributed by atoms with Gasteiger partial charge in [-0.05, 0) is 50.3 Å². The number of benzene rings is 1. The van der Waals surface area contributed by atoms with Crippen LogP contribution in [0.4, 0.5) is 0 Å². The first-order valence-corrected chi connectivity index (χ1v) is 8.62. The minimum atomic E-state index is 0.608. The van der Waals surface area contributed by atoms with Gasteiger partial charge < -0.3 is 5.32 Å². The van der Waals surface area contributed by atoms with E-state index in [9.17, 15) is 0 Å². The third-order valence-corrected chi connectivity index (χ3v) is 4.73. The molecule has 2 atom stereocenters. The molecule has 21 heavy (non-hydrogen) atoms. The first-order valence-electron chi connectivity index (χ1n) is 8.62. The van der Waals surface area contributed by atoms with Crippen molar-refractivity contribution in [2.75, 3.05) is 13.6 Å². The molecule has 2 nitrogen and oxygen atoms in total. The molecule has 1 aromatic rings. The molecule has 0 radical (unpaired) electrons. The van der Waals surface area contributed by atoms with Gasteiger partial charge in [-0.2, -0.15) is 0 Å². The van der Waals surface area contributed by atoms with Gasteiger partial charge >= 0.3 is 0 Å². The van der Waals surface area contributed by atoms with Gasteiger partial charge in [0.1, 0.15) is 0 Å². The summed E-state index contributed by atoms with van der Waals surface area (Å²) in [5, 5.41) is 3.62. The highest BCUT2D eigenvalue weighted by Crippen LogP contribution is 2.21. The Morgan fingerprint density at radius 1 is 1.19 bits per heavy atom. The maximum atomic E-state index is 3.62. The van der Waals surface area contributed by atoms with Crippen LogP contribution in [0.2, 0.25) is 0 Å². The predicted molar refractivity (Wildman–Crippen MR) is 91.7 cm³/mol. The standard InChI is InChI=1S/C19H32N2/c1-5-6-16(3)21(4)14-17-7-9-18(10-8-17)15(2)13-20-19-11-12-19/h7-10,15-16,19-20H,5-6,11-14H2,1-4H3. The molecule has 0 aliphatic heterocycles. The van der Waals surface area contributed by atoms with E-state index in [1.165, 1.54) is 36.8 Å². The largest absolute Gasteiger partial charge is 0.313 e. The van der Waals surface area contributed by atoms with Crippen LogP contribution in [0.3, 0.4) is 0 Å². The van der Waals surface area contributed by atoms with Crippen molar-refractivity contribution >= 4 is 0 Å². The van der Waals surface area contributed by atoms with Crippen LogP contribution in [0.1, 0.15) is 63.5 Å². The SMILES string of the molecule is CCCC(C)N(C)Cc1ccc(C(C)CNC2CC2)cc1. The molecule has 2 rings (SSSR count). The summed E-state index contributed by atoms with van der Waals surface area (Å²) < 4.78 is 0. The van der Waals surface area contributed by atoms with E-state index < -0.39 is 0 Å². The summed E-state index contributed by atoms with van der Waals surface area (Å²) >= 11 is 0. The van der Waals surface area contributed by atoms with E-state index in [2.05, 4.69) is 62.3 Å². The number of hydrogen-bond acceptors (Lipinski definition) is 2. The van der Waals surface area contributed by atoms with Gasteiger partial charge in [0, 0.05) is 25.2 Å². The summed E-state index contributed by atoms with van der Waals surface area (Å²) in [6, 6.07) is 10.7. The normalized spacial score (nSPS) is 18.0. The molecule has 0 saturated heterocycles. The molecule has 1 aliphatic carbocycles. The topological polar surface area (TPSA) is 15.3 Å². The van der Waals surface area contributed by atoms with Gasteiger partial charge in [-0.1, -0.05) is 44.5 Å². The molecule has 1 aromatic carbocycles. The Bertz CT molecular complexity index is 408. The Balaban J connectivity index is 1.82. The van der Waals surface area contributed by atoms with E-state index in [1.807, 2.05) is 0 Å². The summed E-state index contributed by atoms with van der Waals surface area (Å²) in [7, 11) is 2.23. The van der Waals surface area contributed by atoms with Crippen LogP contribution in [0.5, 0.6) is 0 Å². The molecule has 0 amide bonds. The second-order valence-corrected chi connectivity index (χ2v) is 6.88. The van der Waals surface area contributed by atoms with Crippen LogP contribution in [-0.4, -0.2) is 30.6 Å². The van der Waals surface area contributed by atoms with Crippen molar-refractivity contribution in [1.29, 1.82) is 0 Å². The molecule has 0 spiro atoms. The van der Waals surface area contributed by atoms with Gasteiger partial charge in [-0.25, -0.2) is 0 Å². The summed E-state index contributed by atoms with van der Waals surface area (Å²) in [6.45, 7) is 9.06. The molecule has 0 heterocycles. The van der Waals surface area contributed by atoms with E-state index in [1.54, 1.807) is 0 Å². The monoisotopic (exact) mass is 288 g/mol. The van der Waals surface area contributed by atoms with Crippen molar-refractivity contribution < 1.29 is 0 Å². The molecule has 1 N–H and O–H groups in total. The molecule has 0 bridgehead atoms. The third kappa shape index (κ3) is 5.44. The van der Waals surface area contributed by atoms with Gasteiger partial charge in [0.2, 0.25) is 0 Å².